The molecule has 1 saturated heterocycles. The molecule has 126 valence electrons. The molecule has 0 spiro atoms. The van der Waals surface area contributed by atoms with Crippen LogP contribution in [0.15, 0.2) is 18.2 Å². The van der Waals surface area contributed by atoms with Crippen LogP contribution in [0.1, 0.15) is 41.6 Å². The third kappa shape index (κ3) is 4.16. The van der Waals surface area contributed by atoms with Crippen molar-refractivity contribution in [2.75, 3.05) is 31.5 Å². The van der Waals surface area contributed by atoms with E-state index in [0.29, 0.717) is 5.56 Å². The molecular weight excluding hydrogens is 314 g/mol. The third-order valence-corrected chi connectivity index (χ3v) is 4.45. The Morgan fingerprint density at radius 3 is 2.70 bits per heavy atom. The van der Waals surface area contributed by atoms with Gasteiger partial charge < -0.3 is 15.5 Å². The fourth-order valence-corrected chi connectivity index (χ4v) is 3.23. The summed E-state index contributed by atoms with van der Waals surface area (Å²) >= 11 is 0. The first-order chi connectivity index (χ1) is 10.8. The average Bonchev–Trinajstić information content (AvgIpc) is 2.59. The molecule has 6 heteroatoms. The quantitative estimate of drug-likeness (QED) is 0.889. The van der Waals surface area contributed by atoms with Crippen LogP contribution in [0.25, 0.3) is 0 Å². The van der Waals surface area contributed by atoms with E-state index in [1.165, 1.54) is 6.42 Å². The number of piperidine rings is 1. The Hall–Kier alpha value is -1.75. The molecule has 0 unspecified atom stereocenters. The van der Waals surface area contributed by atoms with E-state index >= 15 is 0 Å². The highest BCUT2D eigenvalue weighted by molar-refractivity contribution is 5.99. The van der Waals surface area contributed by atoms with Gasteiger partial charge in [-0.15, -0.1) is 12.4 Å². The van der Waals surface area contributed by atoms with Gasteiger partial charge in [-0.1, -0.05) is 6.07 Å². The molecule has 2 N–H and O–H groups in total. The van der Waals surface area contributed by atoms with E-state index in [4.69, 9.17) is 0 Å². The molecule has 0 bridgehead atoms. The molecule has 0 aromatic heterocycles. The van der Waals surface area contributed by atoms with E-state index in [-0.39, 0.29) is 30.8 Å². The normalized spacial score (nSPS) is 16.6. The number of hydrogen-bond donors (Lipinski definition) is 2. The first kappa shape index (κ1) is 17.6. The lowest BCUT2D eigenvalue weighted by Crippen LogP contribution is -2.42. The molecule has 1 aromatic carbocycles. The molecule has 3 rings (SSSR count). The maximum absolute atomic E-state index is 12.4. The van der Waals surface area contributed by atoms with Crippen LogP contribution in [0.5, 0.6) is 0 Å². The second-order valence-corrected chi connectivity index (χ2v) is 5.99. The summed E-state index contributed by atoms with van der Waals surface area (Å²) < 4.78 is 0. The lowest BCUT2D eigenvalue weighted by Gasteiger charge is -2.27. The molecule has 1 fully saturated rings. The van der Waals surface area contributed by atoms with Crippen LogP contribution in [-0.2, 0) is 11.2 Å². The van der Waals surface area contributed by atoms with E-state index in [0.717, 1.165) is 56.6 Å². The molecule has 2 heterocycles. The fourth-order valence-electron chi connectivity index (χ4n) is 3.23. The Kier molecular flexibility index (Phi) is 6.28. The van der Waals surface area contributed by atoms with Gasteiger partial charge in [0.2, 0.25) is 5.91 Å². The smallest absolute Gasteiger partial charge is 0.252 e. The standard InChI is InChI=1S/C17H23N3O2.ClH/c21-16(20-10-2-1-3-11-20)12-19-17(22)14-6-4-8-15-13(14)7-5-9-18-15;/h4,6,8,18H,1-3,5,7,9-12H2,(H,19,22);1H. The van der Waals surface area contributed by atoms with Crippen molar-refractivity contribution in [1.82, 2.24) is 10.2 Å². The summed E-state index contributed by atoms with van der Waals surface area (Å²) in [6.45, 7) is 2.68. The number of carbonyl (C=O) groups excluding carboxylic acids is 2. The second-order valence-electron chi connectivity index (χ2n) is 5.99. The zero-order chi connectivity index (χ0) is 15.4. The predicted octanol–water partition coefficient (Wildman–Crippen LogP) is 2.21. The third-order valence-electron chi connectivity index (χ3n) is 4.45. The minimum Gasteiger partial charge on any atom is -0.385 e. The number of carbonyl (C=O) groups is 2. The first-order valence-corrected chi connectivity index (χ1v) is 8.17. The summed E-state index contributed by atoms with van der Waals surface area (Å²) in [7, 11) is 0. The summed E-state index contributed by atoms with van der Waals surface area (Å²) in [6, 6.07) is 5.73. The molecule has 0 radical (unpaired) electrons. The van der Waals surface area contributed by atoms with Crippen LogP contribution in [0.3, 0.4) is 0 Å². The summed E-state index contributed by atoms with van der Waals surface area (Å²) in [5.74, 6) is -0.123. The van der Waals surface area contributed by atoms with Crippen LogP contribution in [0, 0.1) is 0 Å². The van der Waals surface area contributed by atoms with Crippen molar-refractivity contribution in [3.05, 3.63) is 29.3 Å². The molecule has 5 nitrogen and oxygen atoms in total. The number of hydrogen-bond acceptors (Lipinski definition) is 3. The highest BCUT2D eigenvalue weighted by Crippen LogP contribution is 2.25. The summed E-state index contributed by atoms with van der Waals surface area (Å²) in [5.41, 5.74) is 2.80. The van der Waals surface area contributed by atoms with Crippen molar-refractivity contribution in [3.8, 4) is 0 Å². The SMILES string of the molecule is Cl.O=C(NCC(=O)N1CCCCC1)c1cccc2c1CCCN2. The van der Waals surface area contributed by atoms with Gasteiger partial charge in [-0.2, -0.15) is 0 Å². The minimum atomic E-state index is -0.147. The van der Waals surface area contributed by atoms with Crippen LogP contribution in [-0.4, -0.2) is 42.9 Å². The molecule has 23 heavy (non-hydrogen) atoms. The molecule has 0 atom stereocenters. The number of fused-ring (bicyclic) bond motifs is 1. The van der Waals surface area contributed by atoms with Gasteiger partial charge in [0.15, 0.2) is 0 Å². The lowest BCUT2D eigenvalue weighted by molar-refractivity contribution is -0.130. The van der Waals surface area contributed by atoms with Gasteiger partial charge in [0.1, 0.15) is 0 Å². The monoisotopic (exact) mass is 337 g/mol. The van der Waals surface area contributed by atoms with Gasteiger partial charge in [0.05, 0.1) is 6.54 Å². The number of likely N-dealkylation sites (tertiary alicyclic amines) is 1. The van der Waals surface area contributed by atoms with Gasteiger partial charge >= 0.3 is 0 Å². The fraction of sp³-hybridized carbons (Fsp3) is 0.529. The van der Waals surface area contributed by atoms with Crippen molar-refractivity contribution < 1.29 is 9.59 Å². The molecule has 0 saturated carbocycles. The van der Waals surface area contributed by atoms with Gasteiger partial charge in [-0.05, 0) is 49.8 Å². The van der Waals surface area contributed by atoms with Gasteiger partial charge in [0, 0.05) is 30.9 Å². The first-order valence-electron chi connectivity index (χ1n) is 8.17. The van der Waals surface area contributed by atoms with Crippen LogP contribution in [0.2, 0.25) is 0 Å². The summed E-state index contributed by atoms with van der Waals surface area (Å²) in [5, 5.41) is 6.11. The predicted molar refractivity (Wildman–Crippen MR) is 93.3 cm³/mol. The average molecular weight is 338 g/mol. The number of anilines is 1. The number of halogens is 1. The Morgan fingerprint density at radius 1 is 1.13 bits per heavy atom. The van der Waals surface area contributed by atoms with Gasteiger partial charge in [0.25, 0.3) is 5.91 Å². The largest absolute Gasteiger partial charge is 0.385 e. The van der Waals surface area contributed by atoms with Crippen molar-refractivity contribution in [2.45, 2.75) is 32.1 Å². The zero-order valence-electron chi connectivity index (χ0n) is 13.3. The summed E-state index contributed by atoms with van der Waals surface area (Å²) in [6.07, 6.45) is 5.27. The van der Waals surface area contributed by atoms with Crippen LogP contribution >= 0.6 is 12.4 Å². The maximum atomic E-state index is 12.4. The van der Waals surface area contributed by atoms with Crippen molar-refractivity contribution in [2.24, 2.45) is 0 Å². The summed E-state index contributed by atoms with van der Waals surface area (Å²) in [4.78, 5) is 26.4. The van der Waals surface area contributed by atoms with Gasteiger partial charge in [-0.25, -0.2) is 0 Å². The topological polar surface area (TPSA) is 61.4 Å². The number of benzene rings is 1. The highest BCUT2D eigenvalue weighted by atomic mass is 35.5. The van der Waals surface area contributed by atoms with Crippen LogP contribution in [0.4, 0.5) is 5.69 Å². The van der Waals surface area contributed by atoms with Crippen molar-refractivity contribution >= 4 is 29.9 Å². The van der Waals surface area contributed by atoms with Crippen molar-refractivity contribution in [1.29, 1.82) is 0 Å². The van der Waals surface area contributed by atoms with Crippen molar-refractivity contribution in [3.63, 3.8) is 0 Å². The zero-order valence-corrected chi connectivity index (χ0v) is 14.1. The maximum Gasteiger partial charge on any atom is 0.252 e. The number of nitrogens with zero attached hydrogens (tertiary/aromatic N) is 1. The van der Waals surface area contributed by atoms with Gasteiger partial charge in [-0.3, -0.25) is 9.59 Å². The van der Waals surface area contributed by atoms with E-state index < -0.39 is 0 Å². The minimum absolute atomic E-state index is 0. The lowest BCUT2D eigenvalue weighted by atomic mass is 9.97. The molecule has 2 aliphatic rings. The van der Waals surface area contributed by atoms with E-state index in [2.05, 4.69) is 10.6 Å². The van der Waals surface area contributed by atoms with E-state index in [1.54, 1.807) is 0 Å². The second kappa shape index (κ2) is 8.20. The highest BCUT2D eigenvalue weighted by Gasteiger charge is 2.20. The Labute approximate surface area is 143 Å². The number of rotatable bonds is 3. The molecule has 1 aromatic rings. The van der Waals surface area contributed by atoms with E-state index in [1.807, 2.05) is 23.1 Å². The molecule has 2 aliphatic heterocycles. The Bertz CT molecular complexity index is 571. The van der Waals surface area contributed by atoms with E-state index in [9.17, 15) is 9.59 Å². The molecular formula is C17H24ClN3O2. The Morgan fingerprint density at radius 2 is 1.91 bits per heavy atom. The number of nitrogens with one attached hydrogen (secondary N) is 2. The Balaban J connectivity index is 0.00000192. The van der Waals surface area contributed by atoms with Crippen LogP contribution < -0.4 is 10.6 Å². The molecule has 2 amide bonds. The molecule has 0 aliphatic carbocycles. The number of amides is 2.